The Labute approximate surface area is 94.1 Å². The molecule has 0 bridgehead atoms. The maximum absolute atomic E-state index is 10.7. The fourth-order valence-corrected chi connectivity index (χ4v) is 1.55. The molecule has 4 N–H and O–H groups in total. The van der Waals surface area contributed by atoms with Crippen molar-refractivity contribution < 1.29 is 19.6 Å². The van der Waals surface area contributed by atoms with Crippen molar-refractivity contribution in [3.63, 3.8) is 0 Å². The molecule has 0 fully saturated rings. The van der Waals surface area contributed by atoms with E-state index < -0.39 is 18.1 Å². The van der Waals surface area contributed by atoms with Crippen LogP contribution in [0, 0.1) is 13.8 Å². The fourth-order valence-electron chi connectivity index (χ4n) is 1.55. The van der Waals surface area contributed by atoms with E-state index in [0.29, 0.717) is 5.56 Å². The first-order chi connectivity index (χ1) is 7.34. The Morgan fingerprint density at radius 1 is 1.50 bits per heavy atom. The molecule has 88 valence electrons. The molecule has 0 aromatic carbocycles. The van der Waals surface area contributed by atoms with Gasteiger partial charge in [-0.25, -0.2) is 4.57 Å². The van der Waals surface area contributed by atoms with Gasteiger partial charge in [0.2, 0.25) is 0 Å². The topological polar surface area (TPSA) is 87.4 Å². The standard InChI is InChI=1S/C11H16N2O3/c1-6-5-13(3)7(2)4-8(6)10(14)9(12)11(15)16/h4-5,9-10,14H,12H2,1-3H3/p+1. The van der Waals surface area contributed by atoms with Gasteiger partial charge < -0.3 is 15.9 Å². The lowest BCUT2D eigenvalue weighted by Gasteiger charge is -2.16. The van der Waals surface area contributed by atoms with E-state index in [-0.39, 0.29) is 0 Å². The number of aliphatic hydroxyl groups is 1. The average Bonchev–Trinajstić information content (AvgIpc) is 2.21. The van der Waals surface area contributed by atoms with Crippen LogP contribution in [0.4, 0.5) is 0 Å². The second-order valence-electron chi connectivity index (χ2n) is 3.97. The third-order valence-corrected chi connectivity index (χ3v) is 2.71. The Morgan fingerprint density at radius 2 is 2.06 bits per heavy atom. The molecule has 0 saturated heterocycles. The predicted octanol–water partition coefficient (Wildman–Crippen LogP) is -0.427. The van der Waals surface area contributed by atoms with Crippen molar-refractivity contribution in [2.24, 2.45) is 12.8 Å². The number of hydrogen-bond donors (Lipinski definition) is 3. The summed E-state index contributed by atoms with van der Waals surface area (Å²) in [6.45, 7) is 3.69. The molecular weight excluding hydrogens is 208 g/mol. The van der Waals surface area contributed by atoms with Crippen LogP contribution >= 0.6 is 0 Å². The second kappa shape index (κ2) is 4.59. The summed E-state index contributed by atoms with van der Waals surface area (Å²) in [5.74, 6) is -1.21. The van der Waals surface area contributed by atoms with Gasteiger partial charge in [0.1, 0.15) is 19.2 Å². The summed E-state index contributed by atoms with van der Waals surface area (Å²) in [4.78, 5) is 10.7. The van der Waals surface area contributed by atoms with Gasteiger partial charge in [-0.2, -0.15) is 0 Å². The molecule has 1 rings (SSSR count). The van der Waals surface area contributed by atoms with Gasteiger partial charge in [-0.3, -0.25) is 4.79 Å². The van der Waals surface area contributed by atoms with E-state index in [2.05, 4.69) is 0 Å². The normalized spacial score (nSPS) is 14.6. The Morgan fingerprint density at radius 3 is 2.56 bits per heavy atom. The largest absolute Gasteiger partial charge is 0.480 e. The Bertz CT molecular complexity index is 418. The van der Waals surface area contributed by atoms with E-state index in [0.717, 1.165) is 11.3 Å². The first-order valence-corrected chi connectivity index (χ1v) is 4.97. The molecule has 0 saturated carbocycles. The number of pyridine rings is 1. The Balaban J connectivity index is 3.13. The molecule has 1 aromatic heterocycles. The molecule has 2 atom stereocenters. The number of aliphatic hydroxyl groups excluding tert-OH is 1. The summed E-state index contributed by atoms with van der Waals surface area (Å²) in [6, 6.07) is 0.453. The van der Waals surface area contributed by atoms with Crippen LogP contribution in [0.5, 0.6) is 0 Å². The number of hydrogen-bond acceptors (Lipinski definition) is 3. The molecule has 0 aliphatic heterocycles. The van der Waals surface area contributed by atoms with E-state index in [4.69, 9.17) is 10.8 Å². The predicted molar refractivity (Wildman–Crippen MR) is 57.7 cm³/mol. The van der Waals surface area contributed by atoms with E-state index in [1.54, 1.807) is 6.07 Å². The van der Waals surface area contributed by atoms with Crippen molar-refractivity contribution in [3.8, 4) is 0 Å². The molecule has 0 aliphatic rings. The van der Waals surface area contributed by atoms with Crippen LogP contribution in [0.1, 0.15) is 22.9 Å². The summed E-state index contributed by atoms with van der Waals surface area (Å²) in [5.41, 5.74) is 7.70. The summed E-state index contributed by atoms with van der Waals surface area (Å²) in [7, 11) is 1.88. The molecule has 1 aromatic rings. The third-order valence-electron chi connectivity index (χ3n) is 2.71. The SMILES string of the molecule is Cc1c[n+](C)c(C)cc1C(O)C(N)C(=O)O. The minimum Gasteiger partial charge on any atom is -0.480 e. The smallest absolute Gasteiger partial charge is 0.323 e. The molecule has 0 amide bonds. The Hall–Kier alpha value is -1.46. The highest BCUT2D eigenvalue weighted by atomic mass is 16.4. The lowest BCUT2D eigenvalue weighted by molar-refractivity contribution is -0.678. The van der Waals surface area contributed by atoms with E-state index in [9.17, 15) is 9.90 Å². The molecule has 5 heteroatoms. The first kappa shape index (κ1) is 12.6. The van der Waals surface area contributed by atoms with Gasteiger partial charge in [0.05, 0.1) is 0 Å². The molecule has 5 nitrogen and oxygen atoms in total. The monoisotopic (exact) mass is 225 g/mol. The van der Waals surface area contributed by atoms with Crippen LogP contribution in [-0.2, 0) is 11.8 Å². The number of aryl methyl sites for hydroxylation is 3. The van der Waals surface area contributed by atoms with Gasteiger partial charge in [-0.1, -0.05) is 0 Å². The lowest BCUT2D eigenvalue weighted by Crippen LogP contribution is -2.38. The molecule has 2 unspecified atom stereocenters. The highest BCUT2D eigenvalue weighted by molar-refractivity contribution is 5.74. The maximum atomic E-state index is 10.7. The summed E-state index contributed by atoms with van der Waals surface area (Å²) >= 11 is 0. The minimum atomic E-state index is -1.30. The average molecular weight is 225 g/mol. The molecule has 0 aliphatic carbocycles. The van der Waals surface area contributed by atoms with Gasteiger partial charge in [0, 0.05) is 18.6 Å². The number of carboxylic acids is 1. The van der Waals surface area contributed by atoms with Crippen LogP contribution in [0.15, 0.2) is 12.3 Å². The molecule has 0 radical (unpaired) electrons. The molecular formula is C11H17N2O3+. The number of nitrogens with two attached hydrogens (primary N) is 1. The number of aromatic nitrogens is 1. The van der Waals surface area contributed by atoms with Crippen LogP contribution in [-0.4, -0.2) is 22.2 Å². The highest BCUT2D eigenvalue weighted by Gasteiger charge is 2.26. The summed E-state index contributed by atoms with van der Waals surface area (Å²) in [6.07, 6.45) is 0.653. The summed E-state index contributed by atoms with van der Waals surface area (Å²) in [5, 5.41) is 18.6. The molecule has 0 spiro atoms. The van der Waals surface area contributed by atoms with Crippen LogP contribution in [0.3, 0.4) is 0 Å². The second-order valence-corrected chi connectivity index (χ2v) is 3.97. The fraction of sp³-hybridized carbons (Fsp3) is 0.455. The number of carbonyl (C=O) groups is 1. The molecule has 1 heterocycles. The number of carboxylic acid groups (broad SMARTS) is 1. The van der Waals surface area contributed by atoms with Gasteiger partial charge in [-0.15, -0.1) is 0 Å². The first-order valence-electron chi connectivity index (χ1n) is 4.97. The van der Waals surface area contributed by atoms with E-state index in [1.165, 1.54) is 0 Å². The number of rotatable bonds is 3. The van der Waals surface area contributed by atoms with Crippen LogP contribution in [0.25, 0.3) is 0 Å². The highest BCUT2D eigenvalue weighted by Crippen LogP contribution is 2.19. The summed E-state index contributed by atoms with van der Waals surface area (Å²) < 4.78 is 1.90. The zero-order valence-corrected chi connectivity index (χ0v) is 9.64. The van der Waals surface area contributed by atoms with Crippen molar-refractivity contribution in [1.82, 2.24) is 0 Å². The van der Waals surface area contributed by atoms with Gasteiger partial charge in [-0.05, 0) is 12.5 Å². The molecule has 16 heavy (non-hydrogen) atoms. The maximum Gasteiger partial charge on any atom is 0.323 e. The minimum absolute atomic E-state index is 0.561. The van der Waals surface area contributed by atoms with Crippen molar-refractivity contribution in [2.45, 2.75) is 26.0 Å². The van der Waals surface area contributed by atoms with E-state index in [1.807, 2.05) is 31.7 Å². The van der Waals surface area contributed by atoms with Gasteiger partial charge in [0.15, 0.2) is 11.9 Å². The van der Waals surface area contributed by atoms with E-state index >= 15 is 0 Å². The number of nitrogens with zero attached hydrogens (tertiary/aromatic N) is 1. The zero-order valence-electron chi connectivity index (χ0n) is 9.64. The quantitative estimate of drug-likeness (QED) is 0.609. The van der Waals surface area contributed by atoms with Crippen molar-refractivity contribution in [2.75, 3.05) is 0 Å². The van der Waals surface area contributed by atoms with Crippen molar-refractivity contribution in [1.29, 1.82) is 0 Å². The van der Waals surface area contributed by atoms with Crippen molar-refractivity contribution in [3.05, 3.63) is 29.1 Å². The Kier molecular flexibility index (Phi) is 3.62. The van der Waals surface area contributed by atoms with Crippen molar-refractivity contribution >= 4 is 5.97 Å². The number of aliphatic carboxylic acids is 1. The lowest BCUT2D eigenvalue weighted by atomic mass is 9.99. The van der Waals surface area contributed by atoms with Gasteiger partial charge in [0.25, 0.3) is 0 Å². The zero-order chi connectivity index (χ0) is 12.5. The van der Waals surface area contributed by atoms with Crippen LogP contribution < -0.4 is 10.3 Å². The third kappa shape index (κ3) is 2.37. The van der Waals surface area contributed by atoms with Gasteiger partial charge >= 0.3 is 5.97 Å². The van der Waals surface area contributed by atoms with Crippen LogP contribution in [0.2, 0.25) is 0 Å².